The van der Waals surface area contributed by atoms with Gasteiger partial charge in [-0.1, -0.05) is 55.0 Å². The summed E-state index contributed by atoms with van der Waals surface area (Å²) in [6.45, 7) is 5.06. The smallest absolute Gasteiger partial charge is 0.383 e. The Labute approximate surface area is 277 Å². The predicted molar refractivity (Wildman–Crippen MR) is 170 cm³/mol. The van der Waals surface area contributed by atoms with Crippen LogP contribution in [0, 0.1) is 17.3 Å². The minimum Gasteiger partial charge on any atom is -0.383 e. The molecule has 48 heavy (non-hydrogen) atoms. The van der Waals surface area contributed by atoms with Crippen LogP contribution in [0.15, 0.2) is 77.4 Å². The van der Waals surface area contributed by atoms with Gasteiger partial charge in [-0.2, -0.15) is 22.0 Å². The maximum Gasteiger partial charge on any atom is 0.456 e. The second kappa shape index (κ2) is 11.9. The number of benzene rings is 2. The summed E-state index contributed by atoms with van der Waals surface area (Å²) in [5.41, 5.74) is 0.846. The zero-order valence-corrected chi connectivity index (χ0v) is 27.0. The molecule has 7 rings (SSSR count). The number of carbonyl (C=O) groups excluding carboxylic acids is 2. The molecule has 0 bridgehead atoms. The Balaban J connectivity index is 1.10. The molecule has 10 heteroatoms. The second-order valence-electron chi connectivity index (χ2n) is 14.6. The Hall–Kier alpha value is -3.37. The first kappa shape index (κ1) is 33.1. The van der Waals surface area contributed by atoms with Crippen LogP contribution in [0.1, 0.15) is 79.3 Å². The fraction of sp³-hybridized carbons (Fsp3) is 0.526. The highest BCUT2D eigenvalue weighted by Crippen LogP contribution is 2.68. The molecule has 1 amide bonds. The number of amides is 1. The Morgan fingerprint density at radius 3 is 2.27 bits per heavy atom. The van der Waals surface area contributed by atoms with Gasteiger partial charge in [-0.05, 0) is 90.8 Å². The van der Waals surface area contributed by atoms with Crippen LogP contribution in [-0.4, -0.2) is 70.5 Å². The Kier molecular flexibility index (Phi) is 8.22. The fourth-order valence-corrected chi connectivity index (χ4v) is 9.68. The lowest BCUT2D eigenvalue weighted by molar-refractivity contribution is -0.362. The van der Waals surface area contributed by atoms with Crippen molar-refractivity contribution in [3.8, 4) is 0 Å². The maximum atomic E-state index is 14.9. The van der Waals surface area contributed by atoms with Gasteiger partial charge in [-0.3, -0.25) is 14.5 Å². The molecule has 1 saturated heterocycles. The summed E-state index contributed by atoms with van der Waals surface area (Å²) in [5, 5.41) is 11.2. The van der Waals surface area contributed by atoms with E-state index in [0.717, 1.165) is 41.9 Å². The van der Waals surface area contributed by atoms with E-state index in [4.69, 9.17) is 0 Å². The van der Waals surface area contributed by atoms with E-state index in [-0.39, 0.29) is 49.2 Å². The van der Waals surface area contributed by atoms with Crippen molar-refractivity contribution in [2.24, 2.45) is 17.3 Å². The molecule has 5 atom stereocenters. The van der Waals surface area contributed by atoms with E-state index in [2.05, 4.69) is 17.0 Å². The SMILES string of the molecule is C[C@]12CCC3=C4C(=CC(=O)CC4c4ccc(C(=O)N5CCN(Cc6ccccc6)CC5)cc4)CC[C@H]3[C@@H]1CCC2(O)C(F)(F)C(F)(F)F. The monoisotopic (exact) mass is 668 g/mol. The van der Waals surface area contributed by atoms with Crippen LogP contribution in [0.3, 0.4) is 0 Å². The molecule has 2 saturated carbocycles. The zero-order chi connectivity index (χ0) is 34.1. The topological polar surface area (TPSA) is 60.9 Å². The van der Waals surface area contributed by atoms with E-state index in [1.54, 1.807) is 18.2 Å². The number of allylic oxidation sites excluding steroid dienone is 4. The van der Waals surface area contributed by atoms with E-state index < -0.39 is 35.5 Å². The molecule has 2 aromatic rings. The van der Waals surface area contributed by atoms with Gasteiger partial charge >= 0.3 is 12.1 Å². The van der Waals surface area contributed by atoms with Gasteiger partial charge in [0, 0.05) is 56.0 Å². The summed E-state index contributed by atoms with van der Waals surface area (Å²) < 4.78 is 70.5. The van der Waals surface area contributed by atoms with E-state index in [1.165, 1.54) is 12.5 Å². The summed E-state index contributed by atoms with van der Waals surface area (Å²) in [5.74, 6) is -6.33. The third-order valence-corrected chi connectivity index (χ3v) is 12.3. The number of alkyl halides is 5. The summed E-state index contributed by atoms with van der Waals surface area (Å²) in [4.78, 5) is 30.6. The van der Waals surface area contributed by atoms with Crippen LogP contribution < -0.4 is 0 Å². The lowest BCUT2D eigenvalue weighted by atomic mass is 9.53. The van der Waals surface area contributed by atoms with Crippen LogP contribution in [0.25, 0.3) is 0 Å². The summed E-state index contributed by atoms with van der Waals surface area (Å²) in [7, 11) is 0. The second-order valence-corrected chi connectivity index (χ2v) is 14.6. The molecule has 5 nitrogen and oxygen atoms in total. The van der Waals surface area contributed by atoms with E-state index in [9.17, 15) is 36.6 Å². The number of piperazine rings is 1. The number of halogens is 5. The van der Waals surface area contributed by atoms with Gasteiger partial charge in [0.1, 0.15) is 5.60 Å². The molecule has 256 valence electrons. The van der Waals surface area contributed by atoms with Crippen molar-refractivity contribution in [1.82, 2.24) is 9.80 Å². The van der Waals surface area contributed by atoms with Crippen LogP contribution in [0.4, 0.5) is 22.0 Å². The van der Waals surface area contributed by atoms with E-state index in [1.807, 2.05) is 35.2 Å². The van der Waals surface area contributed by atoms with E-state index >= 15 is 0 Å². The molecule has 3 fully saturated rings. The summed E-state index contributed by atoms with van der Waals surface area (Å²) in [6.07, 6.45) is -3.11. The van der Waals surface area contributed by atoms with Crippen LogP contribution in [0.2, 0.25) is 0 Å². The van der Waals surface area contributed by atoms with Crippen molar-refractivity contribution in [3.05, 3.63) is 94.1 Å². The Morgan fingerprint density at radius 2 is 1.60 bits per heavy atom. The van der Waals surface area contributed by atoms with Gasteiger partial charge in [0.25, 0.3) is 5.91 Å². The molecule has 0 radical (unpaired) electrons. The first-order valence-corrected chi connectivity index (χ1v) is 17.0. The van der Waals surface area contributed by atoms with Gasteiger partial charge in [0.15, 0.2) is 5.78 Å². The molecule has 2 aromatic carbocycles. The van der Waals surface area contributed by atoms with Gasteiger partial charge in [0.2, 0.25) is 0 Å². The predicted octanol–water partition coefficient (Wildman–Crippen LogP) is 7.47. The fourth-order valence-electron chi connectivity index (χ4n) is 9.68. The molecule has 5 aliphatic rings. The summed E-state index contributed by atoms with van der Waals surface area (Å²) in [6, 6.07) is 17.6. The highest BCUT2D eigenvalue weighted by molar-refractivity contribution is 5.95. The number of hydrogen-bond donors (Lipinski definition) is 1. The molecular weight excluding hydrogens is 627 g/mol. The zero-order valence-electron chi connectivity index (χ0n) is 27.0. The lowest BCUT2D eigenvalue weighted by Crippen LogP contribution is -2.64. The normalized spacial score (nSPS) is 31.2. The van der Waals surface area contributed by atoms with Crippen molar-refractivity contribution in [3.63, 3.8) is 0 Å². The van der Waals surface area contributed by atoms with Crippen LogP contribution in [0.5, 0.6) is 0 Å². The van der Waals surface area contributed by atoms with Crippen LogP contribution in [-0.2, 0) is 11.3 Å². The lowest BCUT2D eigenvalue weighted by Gasteiger charge is -2.53. The number of hydrogen-bond acceptors (Lipinski definition) is 4. The van der Waals surface area contributed by atoms with E-state index in [0.29, 0.717) is 31.5 Å². The highest BCUT2D eigenvalue weighted by atomic mass is 19.4. The van der Waals surface area contributed by atoms with Crippen molar-refractivity contribution in [2.75, 3.05) is 26.2 Å². The molecule has 1 heterocycles. The van der Waals surface area contributed by atoms with Crippen molar-refractivity contribution in [2.45, 2.75) is 82.0 Å². The molecular formula is C38H41F5N2O3. The van der Waals surface area contributed by atoms with Crippen molar-refractivity contribution >= 4 is 11.7 Å². The third kappa shape index (κ3) is 5.25. The summed E-state index contributed by atoms with van der Waals surface area (Å²) >= 11 is 0. The number of rotatable bonds is 5. The van der Waals surface area contributed by atoms with Gasteiger partial charge in [-0.25, -0.2) is 0 Å². The molecule has 0 spiro atoms. The minimum atomic E-state index is -5.85. The number of aliphatic hydroxyl groups is 1. The van der Waals surface area contributed by atoms with Gasteiger partial charge in [-0.15, -0.1) is 0 Å². The average Bonchev–Trinajstić information content (AvgIpc) is 3.35. The van der Waals surface area contributed by atoms with Crippen molar-refractivity contribution < 1.29 is 36.6 Å². The third-order valence-electron chi connectivity index (χ3n) is 12.3. The number of nitrogens with zero attached hydrogens (tertiary/aromatic N) is 2. The first-order chi connectivity index (χ1) is 22.7. The molecule has 2 unspecified atom stereocenters. The number of carbonyl (C=O) groups is 2. The standard InChI is InChI=1S/C38H41F5N2O3/c1-35-15-13-30-29(32(35)14-16-36(35,48)37(39,40)38(41,42)43)12-11-27-21-28(46)22-31(33(27)30)25-7-9-26(10-8-25)34(47)45-19-17-44(18-20-45)23-24-5-3-2-4-6-24/h2-10,21,29,31-32,48H,11-20,22-23H2,1H3/t29-,31?,32+,35+,36?/m1/s1. The first-order valence-electron chi connectivity index (χ1n) is 17.0. The molecule has 1 N–H and O–H groups in total. The van der Waals surface area contributed by atoms with Gasteiger partial charge < -0.3 is 10.0 Å². The number of fused-ring (bicyclic) bond motifs is 4. The number of ketones is 1. The molecule has 1 aliphatic heterocycles. The maximum absolute atomic E-state index is 14.9. The quantitative estimate of drug-likeness (QED) is 0.336. The average molecular weight is 669 g/mol. The van der Waals surface area contributed by atoms with Gasteiger partial charge in [0.05, 0.1) is 0 Å². The molecule has 0 aromatic heterocycles. The highest BCUT2D eigenvalue weighted by Gasteiger charge is 2.78. The largest absolute Gasteiger partial charge is 0.456 e. The Morgan fingerprint density at radius 1 is 0.917 bits per heavy atom. The molecule has 4 aliphatic carbocycles. The minimum absolute atomic E-state index is 0.00737. The van der Waals surface area contributed by atoms with Crippen molar-refractivity contribution in [1.29, 1.82) is 0 Å². The Bertz CT molecular complexity index is 1640. The van der Waals surface area contributed by atoms with Crippen LogP contribution >= 0.6 is 0 Å².